The first-order valence-corrected chi connectivity index (χ1v) is 10.7. The van der Waals surface area contributed by atoms with E-state index in [1.54, 1.807) is 0 Å². The number of piperidine rings is 1. The van der Waals surface area contributed by atoms with Crippen molar-refractivity contribution < 1.29 is 4.79 Å². The van der Waals surface area contributed by atoms with Gasteiger partial charge in [-0.1, -0.05) is 40.2 Å². The molecule has 2 saturated heterocycles. The van der Waals surface area contributed by atoms with Crippen molar-refractivity contribution in [2.75, 3.05) is 13.1 Å². The van der Waals surface area contributed by atoms with Crippen molar-refractivity contribution in [3.63, 3.8) is 0 Å². The highest BCUT2D eigenvalue weighted by Gasteiger charge is 2.41. The SMILES string of the molecule is O=C(c1ccc(-c2nc3cc4ccccc4cc3[nH]2)c(Br)c1)N1C2CCN1CC2. The Morgan fingerprint density at radius 2 is 1.79 bits per heavy atom. The number of H-pyrrole nitrogens is 1. The number of nitrogens with zero attached hydrogens (tertiary/aromatic N) is 3. The highest BCUT2D eigenvalue weighted by molar-refractivity contribution is 9.10. The maximum atomic E-state index is 13.0. The van der Waals surface area contributed by atoms with E-state index in [2.05, 4.69) is 50.2 Å². The van der Waals surface area contributed by atoms with Crippen LogP contribution < -0.4 is 0 Å². The van der Waals surface area contributed by atoms with Gasteiger partial charge in [0.25, 0.3) is 5.91 Å². The van der Waals surface area contributed by atoms with Gasteiger partial charge < -0.3 is 4.98 Å². The molecule has 6 rings (SSSR count). The lowest BCUT2D eigenvalue weighted by Crippen LogP contribution is -2.38. The van der Waals surface area contributed by atoms with Gasteiger partial charge in [-0.15, -0.1) is 0 Å². The number of benzene rings is 3. The van der Waals surface area contributed by atoms with Crippen LogP contribution in [0.1, 0.15) is 23.2 Å². The van der Waals surface area contributed by atoms with Gasteiger partial charge in [0, 0.05) is 28.7 Å². The van der Waals surface area contributed by atoms with E-state index < -0.39 is 0 Å². The molecule has 1 N–H and O–H groups in total. The monoisotopic (exact) mass is 446 g/mol. The molecule has 2 aliphatic heterocycles. The van der Waals surface area contributed by atoms with Crippen LogP contribution in [-0.4, -0.2) is 45.0 Å². The molecule has 0 aliphatic carbocycles. The summed E-state index contributed by atoms with van der Waals surface area (Å²) in [6.07, 6.45) is 2.16. The molecule has 2 aliphatic rings. The summed E-state index contributed by atoms with van der Waals surface area (Å²) in [6.45, 7) is 1.98. The van der Waals surface area contributed by atoms with E-state index in [0.29, 0.717) is 11.6 Å². The van der Waals surface area contributed by atoms with Gasteiger partial charge in [0.05, 0.1) is 17.1 Å². The van der Waals surface area contributed by atoms with Crippen molar-refractivity contribution in [1.82, 2.24) is 20.0 Å². The molecular formula is C23H19BrN4O. The Morgan fingerprint density at radius 3 is 2.48 bits per heavy atom. The molecule has 5 nitrogen and oxygen atoms in total. The molecule has 0 radical (unpaired) electrons. The number of nitrogens with one attached hydrogen (secondary N) is 1. The van der Waals surface area contributed by atoms with Crippen LogP contribution in [0.3, 0.4) is 0 Å². The number of amides is 1. The third-order valence-electron chi connectivity index (χ3n) is 6.12. The Kier molecular flexibility index (Phi) is 3.79. The van der Waals surface area contributed by atoms with E-state index in [0.717, 1.165) is 52.8 Å². The first kappa shape index (κ1) is 17.2. The molecule has 144 valence electrons. The lowest BCUT2D eigenvalue weighted by Gasteiger charge is -2.23. The number of fused-ring (bicyclic) bond motifs is 4. The van der Waals surface area contributed by atoms with Crippen molar-refractivity contribution in [3.05, 3.63) is 64.6 Å². The number of aromatic amines is 1. The van der Waals surface area contributed by atoms with E-state index in [-0.39, 0.29) is 5.91 Å². The van der Waals surface area contributed by atoms with Gasteiger partial charge in [0.1, 0.15) is 5.82 Å². The first-order chi connectivity index (χ1) is 14.2. The predicted molar refractivity (Wildman–Crippen MR) is 118 cm³/mol. The normalized spacial score (nSPS) is 20.8. The third-order valence-corrected chi connectivity index (χ3v) is 6.78. The Labute approximate surface area is 176 Å². The zero-order valence-electron chi connectivity index (χ0n) is 15.7. The lowest BCUT2D eigenvalue weighted by molar-refractivity contribution is 0.0334. The lowest BCUT2D eigenvalue weighted by atomic mass is 10.1. The van der Waals surface area contributed by atoms with Gasteiger partial charge in [0.2, 0.25) is 0 Å². The number of carbonyl (C=O) groups is 1. The first-order valence-electron chi connectivity index (χ1n) is 9.94. The van der Waals surface area contributed by atoms with Crippen molar-refractivity contribution >= 4 is 43.6 Å². The Hall–Kier alpha value is -2.70. The maximum absolute atomic E-state index is 13.0. The van der Waals surface area contributed by atoms with Crippen LogP contribution in [0, 0.1) is 0 Å². The largest absolute Gasteiger partial charge is 0.338 e. The molecule has 1 amide bonds. The highest BCUT2D eigenvalue weighted by Crippen LogP contribution is 2.33. The van der Waals surface area contributed by atoms with Gasteiger partial charge in [-0.3, -0.25) is 9.80 Å². The molecule has 2 bridgehead atoms. The van der Waals surface area contributed by atoms with Crippen molar-refractivity contribution in [1.29, 1.82) is 0 Å². The molecule has 0 unspecified atom stereocenters. The summed E-state index contributed by atoms with van der Waals surface area (Å²) < 4.78 is 0.869. The van der Waals surface area contributed by atoms with Crippen molar-refractivity contribution in [2.45, 2.75) is 18.9 Å². The summed E-state index contributed by atoms with van der Waals surface area (Å²) in [5.41, 5.74) is 3.60. The van der Waals surface area contributed by atoms with Crippen LogP contribution in [0.15, 0.2) is 59.1 Å². The molecular weight excluding hydrogens is 428 g/mol. The highest BCUT2D eigenvalue weighted by atomic mass is 79.9. The van der Waals surface area contributed by atoms with Gasteiger partial charge in [-0.25, -0.2) is 9.99 Å². The number of halogens is 1. The fourth-order valence-corrected chi connectivity index (χ4v) is 5.20. The number of carbonyl (C=O) groups excluding carboxylic acids is 1. The Balaban J connectivity index is 1.37. The van der Waals surface area contributed by atoms with Gasteiger partial charge in [0.15, 0.2) is 0 Å². The number of aromatic nitrogens is 2. The molecule has 3 aromatic carbocycles. The number of hydrazine groups is 1. The van der Waals surface area contributed by atoms with Crippen LogP contribution in [0.2, 0.25) is 0 Å². The summed E-state index contributed by atoms with van der Waals surface area (Å²) in [4.78, 5) is 21.2. The summed E-state index contributed by atoms with van der Waals surface area (Å²) >= 11 is 3.66. The van der Waals surface area contributed by atoms with Crippen molar-refractivity contribution in [2.24, 2.45) is 0 Å². The van der Waals surface area contributed by atoms with Gasteiger partial charge in [-0.2, -0.15) is 0 Å². The van der Waals surface area contributed by atoms with E-state index in [1.165, 1.54) is 10.8 Å². The molecule has 29 heavy (non-hydrogen) atoms. The van der Waals surface area contributed by atoms with E-state index in [9.17, 15) is 4.79 Å². The van der Waals surface area contributed by atoms with E-state index in [4.69, 9.17) is 4.98 Å². The quantitative estimate of drug-likeness (QED) is 0.472. The second-order valence-corrected chi connectivity index (χ2v) is 8.69. The molecule has 0 saturated carbocycles. The molecule has 3 heterocycles. The average Bonchev–Trinajstić information content (AvgIpc) is 3.45. The second-order valence-electron chi connectivity index (χ2n) is 7.83. The summed E-state index contributed by atoms with van der Waals surface area (Å²) in [5, 5.41) is 6.49. The zero-order valence-corrected chi connectivity index (χ0v) is 17.3. The fourth-order valence-electron chi connectivity index (χ4n) is 4.63. The van der Waals surface area contributed by atoms with E-state index >= 15 is 0 Å². The third kappa shape index (κ3) is 2.70. The minimum Gasteiger partial charge on any atom is -0.338 e. The van der Waals surface area contributed by atoms with Gasteiger partial charge >= 0.3 is 0 Å². The molecule has 0 spiro atoms. The van der Waals surface area contributed by atoms with Crippen LogP contribution in [0.4, 0.5) is 0 Å². The molecule has 6 heteroatoms. The van der Waals surface area contributed by atoms with Crippen LogP contribution in [0.5, 0.6) is 0 Å². The van der Waals surface area contributed by atoms with Crippen LogP contribution in [0.25, 0.3) is 33.2 Å². The predicted octanol–water partition coefficient (Wildman–Crippen LogP) is 4.98. The number of imidazole rings is 1. The fraction of sp³-hybridized carbons (Fsp3) is 0.217. The molecule has 0 atom stereocenters. The standard InChI is InChI=1S/C23H19BrN4O/c24-19-11-16(23(29)28-17-7-9-27(28)10-8-17)5-6-18(19)22-25-20-12-14-3-1-2-4-15(14)13-21(20)26-22/h1-6,11-13,17H,7-10H2,(H,25,26). The van der Waals surface area contributed by atoms with E-state index in [1.807, 2.05) is 35.3 Å². The number of rotatable bonds is 2. The molecule has 2 fully saturated rings. The topological polar surface area (TPSA) is 52.2 Å². The van der Waals surface area contributed by atoms with Crippen molar-refractivity contribution in [3.8, 4) is 11.4 Å². The smallest absolute Gasteiger partial charge is 0.268 e. The number of hydrogen-bond acceptors (Lipinski definition) is 3. The summed E-state index contributed by atoms with van der Waals surface area (Å²) in [5.74, 6) is 0.888. The van der Waals surface area contributed by atoms with Gasteiger partial charge in [-0.05, 0) is 53.9 Å². The minimum atomic E-state index is 0.0908. The maximum Gasteiger partial charge on any atom is 0.268 e. The molecule has 1 aromatic heterocycles. The van der Waals surface area contributed by atoms with Crippen LogP contribution >= 0.6 is 15.9 Å². The number of hydrogen-bond donors (Lipinski definition) is 1. The molecule has 4 aromatic rings. The minimum absolute atomic E-state index is 0.0908. The average molecular weight is 447 g/mol. The Morgan fingerprint density at radius 1 is 1.03 bits per heavy atom. The van der Waals surface area contributed by atoms with Crippen LogP contribution in [-0.2, 0) is 0 Å². The zero-order chi connectivity index (χ0) is 19.5. The summed E-state index contributed by atoms with van der Waals surface area (Å²) in [7, 11) is 0. The summed E-state index contributed by atoms with van der Waals surface area (Å²) in [6, 6.07) is 18.7. The second kappa shape index (κ2) is 6.40. The Bertz CT molecular complexity index is 1210.